The molecular weight excluding hydrogens is 364 g/mol. The number of hydrazine groups is 1. The van der Waals surface area contributed by atoms with Crippen molar-refractivity contribution in [3.05, 3.63) is 51.3 Å². The molecule has 0 saturated heterocycles. The van der Waals surface area contributed by atoms with Gasteiger partial charge in [-0.3, -0.25) is 25.8 Å². The number of halogens is 1. The van der Waals surface area contributed by atoms with E-state index >= 15 is 0 Å². The first-order valence-electron chi connectivity index (χ1n) is 7.49. The SMILES string of the molecule is COCC(C)Nc1ncnc(NNC(=O)c2cccc(Cl)c2)c1[N+](=O)[O-]. The number of hydrogen-bond donors (Lipinski definition) is 3. The van der Waals surface area contributed by atoms with Gasteiger partial charge in [0.05, 0.1) is 11.5 Å². The molecule has 3 N–H and O–H groups in total. The monoisotopic (exact) mass is 380 g/mol. The highest BCUT2D eigenvalue weighted by Crippen LogP contribution is 2.28. The minimum absolute atomic E-state index is 0.00838. The summed E-state index contributed by atoms with van der Waals surface area (Å²) in [6.45, 7) is 2.11. The average molecular weight is 381 g/mol. The molecule has 0 fully saturated rings. The lowest BCUT2D eigenvalue weighted by atomic mass is 10.2. The van der Waals surface area contributed by atoms with Crippen molar-refractivity contribution in [3.8, 4) is 0 Å². The molecule has 1 aromatic heterocycles. The Kier molecular flexibility index (Phi) is 6.64. The summed E-state index contributed by atoms with van der Waals surface area (Å²) >= 11 is 5.84. The highest BCUT2D eigenvalue weighted by atomic mass is 35.5. The average Bonchev–Trinajstić information content (AvgIpc) is 2.59. The van der Waals surface area contributed by atoms with Crippen LogP contribution >= 0.6 is 11.6 Å². The lowest BCUT2D eigenvalue weighted by Crippen LogP contribution is -2.30. The van der Waals surface area contributed by atoms with E-state index in [4.69, 9.17) is 16.3 Å². The second-order valence-corrected chi connectivity index (χ2v) is 5.70. The molecule has 2 aromatic rings. The minimum atomic E-state index is -0.643. The first-order valence-corrected chi connectivity index (χ1v) is 7.87. The van der Waals surface area contributed by atoms with Crippen molar-refractivity contribution >= 4 is 34.8 Å². The Morgan fingerprint density at radius 2 is 2.12 bits per heavy atom. The Hall–Kier alpha value is -2.98. The summed E-state index contributed by atoms with van der Waals surface area (Å²) in [4.78, 5) is 30.6. The van der Waals surface area contributed by atoms with Gasteiger partial charge in [-0.25, -0.2) is 9.97 Å². The van der Waals surface area contributed by atoms with Crippen molar-refractivity contribution in [2.24, 2.45) is 0 Å². The Morgan fingerprint density at radius 3 is 2.77 bits per heavy atom. The second-order valence-electron chi connectivity index (χ2n) is 5.27. The molecule has 1 amide bonds. The third kappa shape index (κ3) is 5.01. The van der Waals surface area contributed by atoms with Gasteiger partial charge in [0.25, 0.3) is 5.91 Å². The normalized spacial score (nSPS) is 11.5. The number of benzene rings is 1. The standard InChI is InChI=1S/C15H17ClN6O4/c1-9(7-26-2)19-13-12(22(24)25)14(18-8-17-13)20-21-15(23)10-4-3-5-11(16)6-10/h3-6,8-9H,7H2,1-2H3,(H,21,23)(H2,17,18,19,20). The summed E-state index contributed by atoms with van der Waals surface area (Å²) in [5.41, 5.74) is 4.68. The zero-order chi connectivity index (χ0) is 19.1. The number of ether oxygens (including phenoxy) is 1. The van der Waals surface area contributed by atoms with Crippen LogP contribution in [0.3, 0.4) is 0 Å². The smallest absolute Gasteiger partial charge is 0.354 e. The van der Waals surface area contributed by atoms with Crippen LogP contribution < -0.4 is 16.2 Å². The fraction of sp³-hybridized carbons (Fsp3) is 0.267. The molecule has 138 valence electrons. The third-order valence-corrected chi connectivity index (χ3v) is 3.42. The molecule has 11 heteroatoms. The van der Waals surface area contributed by atoms with Gasteiger partial charge in [-0.2, -0.15) is 0 Å². The van der Waals surface area contributed by atoms with Gasteiger partial charge in [-0.05, 0) is 25.1 Å². The van der Waals surface area contributed by atoms with Crippen LogP contribution in [0.4, 0.5) is 17.3 Å². The zero-order valence-electron chi connectivity index (χ0n) is 14.0. The predicted molar refractivity (Wildman–Crippen MR) is 96.2 cm³/mol. The minimum Gasteiger partial charge on any atom is -0.383 e. The fourth-order valence-electron chi connectivity index (χ4n) is 2.09. The number of nitrogens with zero attached hydrogens (tertiary/aromatic N) is 3. The Labute approximate surface area is 154 Å². The number of nitro groups is 1. The van der Waals surface area contributed by atoms with E-state index in [0.29, 0.717) is 11.6 Å². The van der Waals surface area contributed by atoms with Crippen LogP contribution in [0, 0.1) is 10.1 Å². The van der Waals surface area contributed by atoms with Crippen LogP contribution in [0.25, 0.3) is 0 Å². The zero-order valence-corrected chi connectivity index (χ0v) is 14.8. The van der Waals surface area contributed by atoms with Gasteiger partial charge in [0.1, 0.15) is 6.33 Å². The van der Waals surface area contributed by atoms with Crippen LogP contribution in [0.1, 0.15) is 17.3 Å². The third-order valence-electron chi connectivity index (χ3n) is 3.19. The number of nitrogens with one attached hydrogen (secondary N) is 3. The van der Waals surface area contributed by atoms with E-state index in [2.05, 4.69) is 26.1 Å². The number of carbonyl (C=O) groups is 1. The van der Waals surface area contributed by atoms with Crippen molar-refractivity contribution < 1.29 is 14.5 Å². The van der Waals surface area contributed by atoms with E-state index in [1.165, 1.54) is 13.2 Å². The van der Waals surface area contributed by atoms with E-state index in [0.717, 1.165) is 6.33 Å². The molecule has 10 nitrogen and oxygen atoms in total. The van der Waals surface area contributed by atoms with Crippen molar-refractivity contribution in [1.82, 2.24) is 15.4 Å². The highest BCUT2D eigenvalue weighted by molar-refractivity contribution is 6.30. The molecule has 0 radical (unpaired) electrons. The molecule has 1 aromatic carbocycles. The lowest BCUT2D eigenvalue weighted by Gasteiger charge is -2.14. The van der Waals surface area contributed by atoms with Gasteiger partial charge in [0.2, 0.25) is 11.6 Å². The molecule has 0 aliphatic carbocycles. The van der Waals surface area contributed by atoms with E-state index in [-0.39, 0.29) is 23.2 Å². The Bertz CT molecular complexity index is 803. The number of rotatable bonds is 8. The van der Waals surface area contributed by atoms with Crippen LogP contribution in [0.15, 0.2) is 30.6 Å². The molecular formula is C15H17ClN6O4. The van der Waals surface area contributed by atoms with E-state index in [1.54, 1.807) is 25.1 Å². The van der Waals surface area contributed by atoms with Crippen molar-refractivity contribution in [3.63, 3.8) is 0 Å². The van der Waals surface area contributed by atoms with E-state index < -0.39 is 16.5 Å². The predicted octanol–water partition coefficient (Wildman–Crippen LogP) is 2.24. The van der Waals surface area contributed by atoms with Gasteiger partial charge in [0, 0.05) is 23.7 Å². The summed E-state index contributed by atoms with van der Waals surface area (Å²) in [7, 11) is 1.52. The topological polar surface area (TPSA) is 131 Å². The van der Waals surface area contributed by atoms with Crippen LogP contribution in [0.2, 0.25) is 5.02 Å². The van der Waals surface area contributed by atoms with Crippen molar-refractivity contribution in [2.75, 3.05) is 24.5 Å². The second kappa shape index (κ2) is 8.92. The van der Waals surface area contributed by atoms with Gasteiger partial charge < -0.3 is 10.1 Å². The molecule has 1 heterocycles. The maximum atomic E-state index is 12.1. The van der Waals surface area contributed by atoms with Crippen LogP contribution in [-0.2, 0) is 4.74 Å². The summed E-state index contributed by atoms with van der Waals surface area (Å²) in [6, 6.07) is 6.04. The summed E-state index contributed by atoms with van der Waals surface area (Å²) in [6.07, 6.45) is 1.14. The number of anilines is 2. The first kappa shape index (κ1) is 19.3. The lowest BCUT2D eigenvalue weighted by molar-refractivity contribution is -0.383. The number of hydrogen-bond acceptors (Lipinski definition) is 8. The number of methoxy groups -OCH3 is 1. The molecule has 0 bridgehead atoms. The Balaban J connectivity index is 2.18. The molecule has 2 rings (SSSR count). The van der Waals surface area contributed by atoms with Gasteiger partial charge in [-0.15, -0.1) is 0 Å². The van der Waals surface area contributed by atoms with E-state index in [9.17, 15) is 14.9 Å². The van der Waals surface area contributed by atoms with Gasteiger partial charge in [0.15, 0.2) is 0 Å². The summed E-state index contributed by atoms with van der Waals surface area (Å²) in [5, 5.41) is 14.7. The fourth-order valence-corrected chi connectivity index (χ4v) is 2.28. The molecule has 1 unspecified atom stereocenters. The first-order chi connectivity index (χ1) is 12.4. The van der Waals surface area contributed by atoms with Gasteiger partial charge >= 0.3 is 5.69 Å². The van der Waals surface area contributed by atoms with Gasteiger partial charge in [-0.1, -0.05) is 17.7 Å². The molecule has 0 spiro atoms. The molecule has 0 saturated carbocycles. The maximum Gasteiger partial charge on any atom is 0.354 e. The largest absolute Gasteiger partial charge is 0.383 e. The summed E-state index contributed by atoms with van der Waals surface area (Å²) in [5.74, 6) is -0.677. The molecule has 26 heavy (non-hydrogen) atoms. The van der Waals surface area contributed by atoms with E-state index in [1.807, 2.05) is 0 Å². The van der Waals surface area contributed by atoms with Crippen LogP contribution in [0.5, 0.6) is 0 Å². The molecule has 0 aliphatic heterocycles. The number of amides is 1. The Morgan fingerprint density at radius 1 is 1.38 bits per heavy atom. The highest BCUT2D eigenvalue weighted by Gasteiger charge is 2.24. The number of aromatic nitrogens is 2. The number of carbonyl (C=O) groups excluding carboxylic acids is 1. The molecule has 1 atom stereocenters. The maximum absolute atomic E-state index is 12.1. The van der Waals surface area contributed by atoms with Crippen molar-refractivity contribution in [1.29, 1.82) is 0 Å². The molecule has 0 aliphatic rings. The quantitative estimate of drug-likeness (QED) is 0.469. The van der Waals surface area contributed by atoms with Crippen LogP contribution in [-0.4, -0.2) is 40.6 Å². The van der Waals surface area contributed by atoms with Crippen molar-refractivity contribution in [2.45, 2.75) is 13.0 Å². The summed E-state index contributed by atoms with van der Waals surface area (Å²) < 4.78 is 4.98.